The molecule has 0 aliphatic rings. The summed E-state index contributed by atoms with van der Waals surface area (Å²) in [4.78, 5) is 21.0. The molecule has 2 N–H and O–H groups in total. The zero-order valence-corrected chi connectivity index (χ0v) is 15.3. The van der Waals surface area contributed by atoms with E-state index in [1.165, 1.54) is 11.6 Å². The van der Waals surface area contributed by atoms with Crippen molar-refractivity contribution < 1.29 is 9.18 Å². The third-order valence-electron chi connectivity index (χ3n) is 4.11. The minimum absolute atomic E-state index is 0.248. The van der Waals surface area contributed by atoms with Crippen molar-refractivity contribution in [3.63, 3.8) is 0 Å². The minimum atomic E-state index is -0.321. The SMILES string of the molecule is CCc1ccc(NC(=O)c2cc(NCc3ccccc3F)nc(C)n2)cc1. The van der Waals surface area contributed by atoms with Gasteiger partial charge in [-0.25, -0.2) is 14.4 Å². The molecule has 0 fully saturated rings. The number of carbonyl (C=O) groups excluding carboxylic acids is 1. The van der Waals surface area contributed by atoms with Crippen LogP contribution in [0, 0.1) is 12.7 Å². The molecule has 138 valence electrons. The predicted octanol–water partition coefficient (Wildman–Crippen LogP) is 4.35. The molecule has 1 heterocycles. The van der Waals surface area contributed by atoms with Crippen molar-refractivity contribution in [3.05, 3.63) is 83.1 Å². The van der Waals surface area contributed by atoms with Crippen molar-refractivity contribution in [1.29, 1.82) is 0 Å². The third-order valence-corrected chi connectivity index (χ3v) is 4.11. The summed E-state index contributed by atoms with van der Waals surface area (Å²) in [6, 6.07) is 15.8. The Bertz CT molecular complexity index is 941. The van der Waals surface area contributed by atoms with E-state index in [0.717, 1.165) is 6.42 Å². The van der Waals surface area contributed by atoms with E-state index in [9.17, 15) is 9.18 Å². The second kappa shape index (κ2) is 8.40. The molecule has 27 heavy (non-hydrogen) atoms. The van der Waals surface area contributed by atoms with Crippen molar-refractivity contribution in [3.8, 4) is 0 Å². The normalized spacial score (nSPS) is 10.5. The van der Waals surface area contributed by atoms with Gasteiger partial charge in [0.2, 0.25) is 0 Å². The Labute approximate surface area is 157 Å². The van der Waals surface area contributed by atoms with Crippen molar-refractivity contribution in [2.24, 2.45) is 0 Å². The van der Waals surface area contributed by atoms with Crippen LogP contribution in [-0.2, 0) is 13.0 Å². The maximum atomic E-state index is 13.7. The summed E-state index contributed by atoms with van der Waals surface area (Å²) in [5.74, 6) is 0.320. The summed E-state index contributed by atoms with van der Waals surface area (Å²) < 4.78 is 13.7. The van der Waals surface area contributed by atoms with Crippen molar-refractivity contribution in [2.75, 3.05) is 10.6 Å². The molecule has 1 amide bonds. The first-order chi connectivity index (χ1) is 13.0. The molecule has 6 heteroatoms. The van der Waals surface area contributed by atoms with Crippen LogP contribution in [0.3, 0.4) is 0 Å². The molecule has 0 radical (unpaired) electrons. The smallest absolute Gasteiger partial charge is 0.274 e. The highest BCUT2D eigenvalue weighted by Gasteiger charge is 2.11. The van der Waals surface area contributed by atoms with Crippen LogP contribution in [0.15, 0.2) is 54.6 Å². The average molecular weight is 364 g/mol. The van der Waals surface area contributed by atoms with Crippen LogP contribution < -0.4 is 10.6 Å². The van der Waals surface area contributed by atoms with Gasteiger partial charge in [-0.3, -0.25) is 4.79 Å². The molecular formula is C21H21FN4O. The zero-order chi connectivity index (χ0) is 19.2. The second-order valence-corrected chi connectivity index (χ2v) is 6.14. The van der Waals surface area contributed by atoms with Gasteiger partial charge in [-0.15, -0.1) is 0 Å². The Morgan fingerprint density at radius 1 is 1.07 bits per heavy atom. The number of nitrogens with one attached hydrogen (secondary N) is 2. The van der Waals surface area contributed by atoms with Crippen LogP contribution >= 0.6 is 0 Å². The lowest BCUT2D eigenvalue weighted by Crippen LogP contribution is -2.16. The van der Waals surface area contributed by atoms with E-state index in [2.05, 4.69) is 27.5 Å². The summed E-state index contributed by atoms with van der Waals surface area (Å²) in [6.07, 6.45) is 0.941. The van der Waals surface area contributed by atoms with E-state index in [0.29, 0.717) is 22.9 Å². The number of hydrogen-bond donors (Lipinski definition) is 2. The zero-order valence-electron chi connectivity index (χ0n) is 15.3. The first-order valence-electron chi connectivity index (χ1n) is 8.78. The Hall–Kier alpha value is -3.28. The number of hydrogen-bond acceptors (Lipinski definition) is 4. The predicted molar refractivity (Wildman–Crippen MR) is 104 cm³/mol. The number of anilines is 2. The van der Waals surface area contributed by atoms with Gasteiger partial charge in [-0.05, 0) is 37.1 Å². The second-order valence-electron chi connectivity index (χ2n) is 6.14. The molecule has 0 saturated heterocycles. The van der Waals surface area contributed by atoms with Gasteiger partial charge in [0.05, 0.1) is 0 Å². The van der Waals surface area contributed by atoms with E-state index < -0.39 is 0 Å². The van der Waals surface area contributed by atoms with Crippen molar-refractivity contribution in [2.45, 2.75) is 26.8 Å². The van der Waals surface area contributed by atoms with E-state index in [4.69, 9.17) is 0 Å². The fourth-order valence-electron chi connectivity index (χ4n) is 2.62. The highest BCUT2D eigenvalue weighted by molar-refractivity contribution is 6.03. The van der Waals surface area contributed by atoms with Crippen LogP contribution in [0.25, 0.3) is 0 Å². The van der Waals surface area contributed by atoms with Gasteiger partial charge in [0.1, 0.15) is 23.2 Å². The van der Waals surface area contributed by atoms with Crippen molar-refractivity contribution >= 4 is 17.4 Å². The molecule has 0 atom stereocenters. The average Bonchev–Trinajstić information content (AvgIpc) is 2.67. The molecule has 2 aromatic carbocycles. The first-order valence-corrected chi connectivity index (χ1v) is 8.78. The molecular weight excluding hydrogens is 343 g/mol. The molecule has 0 unspecified atom stereocenters. The molecule has 3 rings (SSSR count). The lowest BCUT2D eigenvalue weighted by atomic mass is 10.1. The number of benzene rings is 2. The number of amides is 1. The number of aromatic nitrogens is 2. The van der Waals surface area contributed by atoms with Gasteiger partial charge in [0, 0.05) is 23.9 Å². The molecule has 0 bridgehead atoms. The van der Waals surface area contributed by atoms with Crippen molar-refractivity contribution in [1.82, 2.24) is 9.97 Å². The van der Waals surface area contributed by atoms with Gasteiger partial charge in [0.25, 0.3) is 5.91 Å². The number of rotatable bonds is 6. The van der Waals surface area contributed by atoms with Gasteiger partial charge in [-0.1, -0.05) is 37.3 Å². The lowest BCUT2D eigenvalue weighted by Gasteiger charge is -2.10. The summed E-state index contributed by atoms with van der Waals surface area (Å²) in [5.41, 5.74) is 2.67. The molecule has 1 aromatic heterocycles. The van der Waals surface area contributed by atoms with Crippen LogP contribution in [0.4, 0.5) is 15.9 Å². The largest absolute Gasteiger partial charge is 0.366 e. The highest BCUT2D eigenvalue weighted by Crippen LogP contribution is 2.14. The Morgan fingerprint density at radius 3 is 2.52 bits per heavy atom. The first kappa shape index (κ1) is 18.5. The summed E-state index contributed by atoms with van der Waals surface area (Å²) in [7, 11) is 0. The third kappa shape index (κ3) is 4.88. The summed E-state index contributed by atoms with van der Waals surface area (Å²) >= 11 is 0. The topological polar surface area (TPSA) is 66.9 Å². The highest BCUT2D eigenvalue weighted by atomic mass is 19.1. The van der Waals surface area contributed by atoms with Crippen LogP contribution in [0.2, 0.25) is 0 Å². The lowest BCUT2D eigenvalue weighted by molar-refractivity contribution is 0.102. The molecule has 3 aromatic rings. The number of aryl methyl sites for hydroxylation is 2. The molecule has 0 spiro atoms. The number of halogens is 1. The maximum Gasteiger partial charge on any atom is 0.274 e. The summed E-state index contributed by atoms with van der Waals surface area (Å²) in [5, 5.41) is 5.88. The molecule has 5 nitrogen and oxygen atoms in total. The standard InChI is InChI=1S/C21H21FN4O/c1-3-15-8-10-17(11-9-15)26-21(27)19-12-20(25-14(2)24-19)23-13-16-6-4-5-7-18(16)22/h4-12H,3,13H2,1-2H3,(H,26,27)(H,23,24,25). The quantitative estimate of drug-likeness (QED) is 0.682. The summed E-state index contributed by atoms with van der Waals surface area (Å²) in [6.45, 7) is 4.05. The number of nitrogens with zero attached hydrogens (tertiary/aromatic N) is 2. The van der Waals surface area contributed by atoms with E-state index in [-0.39, 0.29) is 24.0 Å². The molecule has 0 aliphatic carbocycles. The fourth-order valence-corrected chi connectivity index (χ4v) is 2.62. The minimum Gasteiger partial charge on any atom is -0.366 e. The van der Waals surface area contributed by atoms with E-state index in [1.807, 2.05) is 24.3 Å². The van der Waals surface area contributed by atoms with Gasteiger partial charge in [0.15, 0.2) is 0 Å². The van der Waals surface area contributed by atoms with Crippen LogP contribution in [0.5, 0.6) is 0 Å². The monoisotopic (exact) mass is 364 g/mol. The molecule has 0 saturated carbocycles. The van der Waals surface area contributed by atoms with E-state index >= 15 is 0 Å². The van der Waals surface area contributed by atoms with E-state index in [1.54, 1.807) is 31.2 Å². The fraction of sp³-hybridized carbons (Fsp3) is 0.190. The van der Waals surface area contributed by atoms with Gasteiger partial charge < -0.3 is 10.6 Å². The van der Waals surface area contributed by atoms with Crippen LogP contribution in [-0.4, -0.2) is 15.9 Å². The maximum absolute atomic E-state index is 13.7. The Balaban J connectivity index is 1.71. The Kier molecular flexibility index (Phi) is 5.76. The number of carbonyl (C=O) groups is 1. The molecule has 0 aliphatic heterocycles. The van der Waals surface area contributed by atoms with Gasteiger partial charge >= 0.3 is 0 Å². The van der Waals surface area contributed by atoms with Crippen LogP contribution in [0.1, 0.15) is 34.4 Å². The van der Waals surface area contributed by atoms with Gasteiger partial charge in [-0.2, -0.15) is 0 Å². The Morgan fingerprint density at radius 2 is 1.81 bits per heavy atom.